The van der Waals surface area contributed by atoms with Crippen molar-refractivity contribution in [3.8, 4) is 11.3 Å². The minimum Gasteiger partial charge on any atom is -0.378 e. The fraction of sp³-hybridized carbons (Fsp3) is 0.192. The number of halogens is 1. The van der Waals surface area contributed by atoms with Crippen LogP contribution in [0.15, 0.2) is 73.0 Å². The average molecular weight is 486 g/mol. The van der Waals surface area contributed by atoms with Gasteiger partial charge in [0.1, 0.15) is 17.2 Å². The van der Waals surface area contributed by atoms with E-state index in [2.05, 4.69) is 30.5 Å². The van der Waals surface area contributed by atoms with E-state index in [1.165, 1.54) is 6.92 Å². The van der Waals surface area contributed by atoms with Crippen LogP contribution in [0.25, 0.3) is 22.2 Å². The summed E-state index contributed by atoms with van der Waals surface area (Å²) >= 11 is 0. The van der Waals surface area contributed by atoms with Crippen LogP contribution in [0.5, 0.6) is 0 Å². The number of hydrogen-bond donors (Lipinski definition) is 2. The molecule has 0 atom stereocenters. The molecule has 1 aromatic carbocycles. The van der Waals surface area contributed by atoms with Gasteiger partial charge in [-0.25, -0.2) is 19.3 Å². The third-order valence-electron chi connectivity index (χ3n) is 5.57. The maximum Gasteiger partial charge on any atom is 0.250 e. The van der Waals surface area contributed by atoms with E-state index in [4.69, 9.17) is 9.72 Å². The topological polar surface area (TPSA) is 105 Å². The molecule has 182 valence electrons. The lowest BCUT2D eigenvalue weighted by Gasteiger charge is -2.27. The molecule has 1 saturated heterocycles. The van der Waals surface area contributed by atoms with Crippen molar-refractivity contribution >= 4 is 40.0 Å². The first-order chi connectivity index (χ1) is 17.5. The average Bonchev–Trinajstić information content (AvgIpc) is 2.89. The Bertz CT molecular complexity index is 1420. The molecule has 4 heterocycles. The number of anilines is 4. The molecule has 2 N–H and O–H groups in total. The standard InChI is InChI=1S/C26H24FN7O2/c1-17(27)13-23(35)31-20-4-2-3-18(14-20)24-25-19(7-8-28-24)15-30-26(33-25)32-21-5-6-22(29-16-21)34-9-11-36-12-10-34/h2-8,13-16H,9-12H2,1H3,(H,31,35)(H,30,32,33)/b17-13+. The second-order valence-corrected chi connectivity index (χ2v) is 8.22. The zero-order valence-electron chi connectivity index (χ0n) is 19.6. The molecule has 1 amide bonds. The smallest absolute Gasteiger partial charge is 0.250 e. The van der Waals surface area contributed by atoms with Crippen LogP contribution in [0.2, 0.25) is 0 Å². The van der Waals surface area contributed by atoms with Crippen molar-refractivity contribution in [2.75, 3.05) is 41.8 Å². The molecule has 0 aliphatic carbocycles. The van der Waals surface area contributed by atoms with Crippen molar-refractivity contribution in [1.29, 1.82) is 0 Å². The molecule has 4 aromatic rings. The molecule has 0 radical (unpaired) electrons. The normalized spacial score (nSPS) is 14.1. The number of morpholine rings is 1. The van der Waals surface area contributed by atoms with Gasteiger partial charge < -0.3 is 20.3 Å². The summed E-state index contributed by atoms with van der Waals surface area (Å²) in [5.74, 6) is 0.201. The number of carbonyl (C=O) groups is 1. The van der Waals surface area contributed by atoms with Crippen molar-refractivity contribution < 1.29 is 13.9 Å². The molecule has 0 unspecified atom stereocenters. The van der Waals surface area contributed by atoms with E-state index < -0.39 is 11.7 Å². The van der Waals surface area contributed by atoms with Crippen molar-refractivity contribution in [3.63, 3.8) is 0 Å². The number of amides is 1. The first-order valence-corrected chi connectivity index (χ1v) is 11.5. The molecule has 1 aliphatic rings. The van der Waals surface area contributed by atoms with E-state index in [-0.39, 0.29) is 0 Å². The summed E-state index contributed by atoms with van der Waals surface area (Å²) in [6.45, 7) is 4.26. The molecule has 0 spiro atoms. The Hall–Kier alpha value is -4.44. The van der Waals surface area contributed by atoms with E-state index in [1.807, 2.05) is 24.3 Å². The summed E-state index contributed by atoms with van der Waals surface area (Å²) in [4.78, 5) is 32.3. The predicted octanol–water partition coefficient (Wildman–Crippen LogP) is 4.48. The number of benzene rings is 1. The van der Waals surface area contributed by atoms with E-state index in [0.29, 0.717) is 36.1 Å². The Balaban J connectivity index is 1.39. The van der Waals surface area contributed by atoms with Crippen molar-refractivity contribution in [2.24, 2.45) is 0 Å². The highest BCUT2D eigenvalue weighted by atomic mass is 19.1. The highest BCUT2D eigenvalue weighted by Crippen LogP contribution is 2.28. The molecule has 1 fully saturated rings. The van der Waals surface area contributed by atoms with Crippen LogP contribution in [-0.2, 0) is 9.53 Å². The molecule has 1 aliphatic heterocycles. The number of carbonyl (C=O) groups excluding carboxylic acids is 1. The van der Waals surface area contributed by atoms with Crippen LogP contribution in [-0.4, -0.2) is 52.1 Å². The Labute approximate surface area is 207 Å². The van der Waals surface area contributed by atoms with Crippen molar-refractivity contribution in [1.82, 2.24) is 19.9 Å². The number of hydrogen-bond acceptors (Lipinski definition) is 8. The number of nitrogens with one attached hydrogen (secondary N) is 2. The molecule has 0 bridgehead atoms. The van der Waals surface area contributed by atoms with Gasteiger partial charge in [0.2, 0.25) is 5.95 Å². The quantitative estimate of drug-likeness (QED) is 0.385. The SMILES string of the molecule is C/C(F)=C\C(=O)Nc1cccc(-c2nccc3cnc(Nc4ccc(N5CCOCC5)nc4)nc23)c1. The Kier molecular flexibility index (Phi) is 6.76. The van der Waals surface area contributed by atoms with Crippen LogP contribution >= 0.6 is 0 Å². The van der Waals surface area contributed by atoms with E-state index >= 15 is 0 Å². The second-order valence-electron chi connectivity index (χ2n) is 8.22. The minimum atomic E-state index is -0.568. The lowest BCUT2D eigenvalue weighted by Crippen LogP contribution is -2.36. The minimum absolute atomic E-state index is 0.408. The Morgan fingerprint density at radius 3 is 2.69 bits per heavy atom. The van der Waals surface area contributed by atoms with Gasteiger partial charge in [-0.1, -0.05) is 12.1 Å². The largest absolute Gasteiger partial charge is 0.378 e. The molecular formula is C26H24FN7O2. The number of nitrogens with zero attached hydrogens (tertiary/aromatic N) is 5. The summed E-state index contributed by atoms with van der Waals surface area (Å²) < 4.78 is 18.4. The third-order valence-corrected chi connectivity index (χ3v) is 5.57. The van der Waals surface area contributed by atoms with Gasteiger partial charge in [0.05, 0.1) is 30.8 Å². The molecule has 3 aromatic heterocycles. The van der Waals surface area contributed by atoms with Gasteiger partial charge in [-0.3, -0.25) is 9.78 Å². The number of pyridine rings is 2. The summed E-state index contributed by atoms with van der Waals surface area (Å²) in [5, 5.41) is 6.68. The number of ether oxygens (including phenoxy) is 1. The summed E-state index contributed by atoms with van der Waals surface area (Å²) in [6.07, 6.45) is 6.06. The van der Waals surface area contributed by atoms with E-state index in [1.54, 1.807) is 36.8 Å². The first kappa shape index (κ1) is 23.3. The number of aromatic nitrogens is 4. The Morgan fingerprint density at radius 1 is 1.06 bits per heavy atom. The number of rotatable bonds is 6. The van der Waals surface area contributed by atoms with Crippen molar-refractivity contribution in [2.45, 2.75) is 6.92 Å². The highest BCUT2D eigenvalue weighted by Gasteiger charge is 2.13. The third kappa shape index (κ3) is 5.44. The first-order valence-electron chi connectivity index (χ1n) is 11.5. The maximum atomic E-state index is 13.0. The lowest BCUT2D eigenvalue weighted by atomic mass is 10.1. The van der Waals surface area contributed by atoms with E-state index in [0.717, 1.165) is 41.6 Å². The molecule has 36 heavy (non-hydrogen) atoms. The van der Waals surface area contributed by atoms with Crippen molar-refractivity contribution in [3.05, 3.63) is 73.0 Å². The van der Waals surface area contributed by atoms with Gasteiger partial charge in [-0.15, -0.1) is 0 Å². The van der Waals surface area contributed by atoms with Gasteiger partial charge in [0.25, 0.3) is 5.91 Å². The van der Waals surface area contributed by atoms with Gasteiger partial charge in [-0.05, 0) is 37.3 Å². The zero-order chi connectivity index (χ0) is 24.9. The number of fused-ring (bicyclic) bond motifs is 1. The zero-order valence-corrected chi connectivity index (χ0v) is 19.6. The molecule has 9 nitrogen and oxygen atoms in total. The monoisotopic (exact) mass is 485 g/mol. The Morgan fingerprint density at radius 2 is 1.92 bits per heavy atom. The maximum absolute atomic E-state index is 13.0. The summed E-state index contributed by atoms with van der Waals surface area (Å²) in [5.41, 5.74) is 3.31. The van der Waals surface area contributed by atoms with Crippen LogP contribution in [0.1, 0.15) is 6.92 Å². The lowest BCUT2D eigenvalue weighted by molar-refractivity contribution is -0.112. The van der Waals surface area contributed by atoms with Crippen LogP contribution < -0.4 is 15.5 Å². The molecule has 5 rings (SSSR count). The van der Waals surface area contributed by atoms with Gasteiger partial charge in [-0.2, -0.15) is 0 Å². The fourth-order valence-corrected chi connectivity index (χ4v) is 3.90. The van der Waals surface area contributed by atoms with Gasteiger partial charge in [0.15, 0.2) is 0 Å². The molecular weight excluding hydrogens is 461 g/mol. The summed E-state index contributed by atoms with van der Waals surface area (Å²) in [7, 11) is 0. The van der Waals surface area contributed by atoms with E-state index in [9.17, 15) is 9.18 Å². The fourth-order valence-electron chi connectivity index (χ4n) is 3.90. The number of allylic oxidation sites excluding steroid dienone is 1. The van der Waals surface area contributed by atoms with Crippen LogP contribution in [0.4, 0.5) is 27.5 Å². The van der Waals surface area contributed by atoms with Gasteiger partial charge >= 0.3 is 0 Å². The second kappa shape index (κ2) is 10.4. The molecule has 10 heteroatoms. The highest BCUT2D eigenvalue weighted by molar-refractivity contribution is 6.00. The summed E-state index contributed by atoms with van der Waals surface area (Å²) in [6, 6.07) is 12.9. The molecule has 0 saturated carbocycles. The van der Waals surface area contributed by atoms with Crippen LogP contribution in [0, 0.1) is 0 Å². The van der Waals surface area contributed by atoms with Gasteiger partial charge in [0, 0.05) is 48.2 Å². The van der Waals surface area contributed by atoms with Crippen LogP contribution in [0.3, 0.4) is 0 Å². The predicted molar refractivity (Wildman–Crippen MR) is 137 cm³/mol.